The van der Waals surface area contributed by atoms with E-state index in [1.54, 1.807) is 6.33 Å². The summed E-state index contributed by atoms with van der Waals surface area (Å²) in [4.78, 5) is 4.24. The van der Waals surface area contributed by atoms with Gasteiger partial charge in [0.1, 0.15) is 12.2 Å². The monoisotopic (exact) mass is 224 g/mol. The quantitative estimate of drug-likeness (QED) is 0.819. The van der Waals surface area contributed by atoms with Crippen LogP contribution in [0, 0.1) is 0 Å². The van der Waals surface area contributed by atoms with E-state index in [1.807, 2.05) is 4.68 Å². The molecule has 1 fully saturated rings. The van der Waals surface area contributed by atoms with Crippen molar-refractivity contribution < 1.29 is 4.74 Å². The molecule has 1 aliphatic heterocycles. The van der Waals surface area contributed by atoms with Crippen molar-refractivity contribution in [1.29, 1.82) is 0 Å². The Morgan fingerprint density at radius 3 is 3.19 bits per heavy atom. The molecule has 2 N–H and O–H groups in total. The maximum Gasteiger partial charge on any atom is 0.138 e. The normalized spacial score (nSPS) is 23.2. The van der Waals surface area contributed by atoms with Gasteiger partial charge in [-0.3, -0.25) is 4.68 Å². The van der Waals surface area contributed by atoms with Gasteiger partial charge in [-0.05, 0) is 26.2 Å². The number of ether oxygens (including phenoxy) is 1. The summed E-state index contributed by atoms with van der Waals surface area (Å²) < 4.78 is 7.57. The molecule has 1 aromatic rings. The van der Waals surface area contributed by atoms with E-state index in [0.717, 1.165) is 38.2 Å². The molecule has 0 spiro atoms. The van der Waals surface area contributed by atoms with Crippen LogP contribution in [0.3, 0.4) is 0 Å². The van der Waals surface area contributed by atoms with E-state index in [9.17, 15) is 0 Å². The smallest absolute Gasteiger partial charge is 0.138 e. The van der Waals surface area contributed by atoms with Crippen molar-refractivity contribution in [2.75, 3.05) is 6.61 Å². The summed E-state index contributed by atoms with van der Waals surface area (Å²) in [6.45, 7) is 3.74. The Morgan fingerprint density at radius 1 is 1.62 bits per heavy atom. The topological polar surface area (TPSA) is 66.0 Å². The van der Waals surface area contributed by atoms with Gasteiger partial charge in [0.2, 0.25) is 0 Å². The van der Waals surface area contributed by atoms with Crippen molar-refractivity contribution in [3.8, 4) is 0 Å². The molecule has 0 amide bonds. The van der Waals surface area contributed by atoms with Gasteiger partial charge < -0.3 is 10.5 Å². The zero-order valence-corrected chi connectivity index (χ0v) is 9.80. The summed E-state index contributed by atoms with van der Waals surface area (Å²) in [6, 6.07) is 0.0369. The van der Waals surface area contributed by atoms with Crippen molar-refractivity contribution in [3.05, 3.63) is 12.2 Å². The first-order valence-electron chi connectivity index (χ1n) is 6.05. The van der Waals surface area contributed by atoms with Gasteiger partial charge in [0.25, 0.3) is 0 Å². The Bertz CT molecular complexity index is 320. The molecule has 0 saturated carbocycles. The average molecular weight is 224 g/mol. The molecule has 0 aromatic carbocycles. The summed E-state index contributed by atoms with van der Waals surface area (Å²) in [6.07, 6.45) is 5.98. The second-order valence-corrected chi connectivity index (χ2v) is 4.27. The van der Waals surface area contributed by atoms with Crippen LogP contribution < -0.4 is 5.73 Å². The first kappa shape index (κ1) is 11.5. The van der Waals surface area contributed by atoms with Crippen molar-refractivity contribution >= 4 is 0 Å². The lowest BCUT2D eigenvalue weighted by molar-refractivity contribution is 0.000124. The molecule has 2 atom stereocenters. The number of aryl methyl sites for hydroxylation is 1. The average Bonchev–Trinajstić information content (AvgIpc) is 2.77. The molecule has 1 saturated heterocycles. The van der Waals surface area contributed by atoms with Gasteiger partial charge in [0, 0.05) is 25.6 Å². The first-order valence-corrected chi connectivity index (χ1v) is 6.05. The minimum atomic E-state index is 0.0369. The van der Waals surface area contributed by atoms with Gasteiger partial charge in [-0.2, -0.15) is 5.10 Å². The summed E-state index contributed by atoms with van der Waals surface area (Å²) in [5, 5.41) is 4.14. The van der Waals surface area contributed by atoms with E-state index in [1.165, 1.54) is 6.42 Å². The highest BCUT2D eigenvalue weighted by atomic mass is 16.5. The summed E-state index contributed by atoms with van der Waals surface area (Å²) in [5.41, 5.74) is 6.16. The van der Waals surface area contributed by atoms with Crippen LogP contribution >= 0.6 is 0 Å². The number of hydrogen-bond donors (Lipinski definition) is 1. The lowest BCUT2D eigenvalue weighted by atomic mass is 10.00. The summed E-state index contributed by atoms with van der Waals surface area (Å²) in [5.74, 6) is 0.962. The molecule has 90 valence electrons. The molecule has 2 unspecified atom stereocenters. The van der Waals surface area contributed by atoms with Gasteiger partial charge in [0.05, 0.1) is 6.10 Å². The maximum atomic E-state index is 6.16. The minimum Gasteiger partial charge on any atom is -0.377 e. The number of rotatable bonds is 4. The largest absolute Gasteiger partial charge is 0.377 e. The van der Waals surface area contributed by atoms with Crippen LogP contribution in [0.2, 0.25) is 0 Å². The Morgan fingerprint density at radius 2 is 2.50 bits per heavy atom. The molecule has 1 aromatic heterocycles. The third kappa shape index (κ3) is 2.59. The zero-order valence-electron chi connectivity index (χ0n) is 9.80. The third-order valence-corrected chi connectivity index (χ3v) is 3.11. The van der Waals surface area contributed by atoms with Crippen LogP contribution in [0.15, 0.2) is 6.33 Å². The summed E-state index contributed by atoms with van der Waals surface area (Å²) in [7, 11) is 0. The molecule has 16 heavy (non-hydrogen) atoms. The molecule has 1 aliphatic rings. The second-order valence-electron chi connectivity index (χ2n) is 4.27. The fourth-order valence-corrected chi connectivity index (χ4v) is 2.16. The van der Waals surface area contributed by atoms with E-state index >= 15 is 0 Å². The number of nitrogens with two attached hydrogens (primary N) is 1. The van der Waals surface area contributed by atoms with Crippen LogP contribution in [0.4, 0.5) is 0 Å². The predicted octanol–water partition coefficient (Wildman–Crippen LogP) is 0.737. The van der Waals surface area contributed by atoms with Crippen LogP contribution in [0.1, 0.15) is 32.0 Å². The van der Waals surface area contributed by atoms with E-state index < -0.39 is 0 Å². The third-order valence-electron chi connectivity index (χ3n) is 3.11. The number of aromatic nitrogens is 3. The maximum absolute atomic E-state index is 6.16. The van der Waals surface area contributed by atoms with Gasteiger partial charge >= 0.3 is 0 Å². The summed E-state index contributed by atoms with van der Waals surface area (Å²) >= 11 is 0. The van der Waals surface area contributed by atoms with Crippen molar-refractivity contribution in [2.45, 2.75) is 51.3 Å². The minimum absolute atomic E-state index is 0.0369. The van der Waals surface area contributed by atoms with E-state index in [-0.39, 0.29) is 12.1 Å². The Balaban J connectivity index is 1.93. The Hall–Kier alpha value is -0.940. The van der Waals surface area contributed by atoms with Crippen molar-refractivity contribution in [1.82, 2.24) is 14.8 Å². The zero-order chi connectivity index (χ0) is 11.4. The predicted molar refractivity (Wildman–Crippen MR) is 61.0 cm³/mol. The van der Waals surface area contributed by atoms with Crippen LogP contribution in [-0.2, 0) is 17.7 Å². The molecular formula is C11H20N4O. The molecule has 2 rings (SSSR count). The SMILES string of the molecule is CCn1ncnc1CC(N)C1CCCCO1. The number of nitrogens with zero attached hydrogens (tertiary/aromatic N) is 3. The van der Waals surface area contributed by atoms with Gasteiger partial charge in [0.15, 0.2) is 0 Å². The lowest BCUT2D eigenvalue weighted by Crippen LogP contribution is -2.41. The van der Waals surface area contributed by atoms with Crippen LogP contribution in [0.25, 0.3) is 0 Å². The lowest BCUT2D eigenvalue weighted by Gasteiger charge is -2.27. The second kappa shape index (κ2) is 5.41. The molecule has 0 aliphatic carbocycles. The molecule has 5 nitrogen and oxygen atoms in total. The fraction of sp³-hybridized carbons (Fsp3) is 0.818. The van der Waals surface area contributed by atoms with E-state index in [2.05, 4.69) is 17.0 Å². The van der Waals surface area contributed by atoms with E-state index in [4.69, 9.17) is 10.5 Å². The van der Waals surface area contributed by atoms with Gasteiger partial charge in [-0.1, -0.05) is 0 Å². The molecule has 2 heterocycles. The Labute approximate surface area is 96.0 Å². The van der Waals surface area contributed by atoms with Crippen LogP contribution in [-0.4, -0.2) is 33.5 Å². The van der Waals surface area contributed by atoms with Gasteiger partial charge in [-0.25, -0.2) is 4.98 Å². The first-order chi connectivity index (χ1) is 7.81. The highest BCUT2D eigenvalue weighted by Crippen LogP contribution is 2.16. The number of hydrogen-bond acceptors (Lipinski definition) is 4. The van der Waals surface area contributed by atoms with E-state index in [0.29, 0.717) is 0 Å². The molecular weight excluding hydrogens is 204 g/mol. The highest BCUT2D eigenvalue weighted by Gasteiger charge is 2.22. The Kier molecular flexibility index (Phi) is 3.90. The molecule has 5 heteroatoms. The standard InChI is InChI=1S/C11H20N4O/c1-2-15-11(13-8-14-15)7-9(12)10-5-3-4-6-16-10/h8-10H,2-7,12H2,1H3. The molecule has 0 radical (unpaired) electrons. The van der Waals surface area contributed by atoms with Gasteiger partial charge in [-0.15, -0.1) is 0 Å². The fourth-order valence-electron chi connectivity index (χ4n) is 2.16. The van der Waals surface area contributed by atoms with Crippen molar-refractivity contribution in [3.63, 3.8) is 0 Å². The molecule has 0 bridgehead atoms. The van der Waals surface area contributed by atoms with Crippen molar-refractivity contribution in [2.24, 2.45) is 5.73 Å². The highest BCUT2D eigenvalue weighted by molar-refractivity contribution is 4.92. The van der Waals surface area contributed by atoms with Crippen LogP contribution in [0.5, 0.6) is 0 Å².